The highest BCUT2D eigenvalue weighted by Crippen LogP contribution is 2.35. The Balaban J connectivity index is 1.52. The highest BCUT2D eigenvalue weighted by Gasteiger charge is 2.31. The van der Waals surface area contributed by atoms with Crippen molar-refractivity contribution in [2.45, 2.75) is 32.4 Å². The average Bonchev–Trinajstić information content (AvgIpc) is 3.17. The molecule has 6 nitrogen and oxygen atoms in total. The molecule has 0 atom stereocenters. The van der Waals surface area contributed by atoms with Gasteiger partial charge in [0, 0.05) is 43.9 Å². The molecule has 1 aromatic carbocycles. The van der Waals surface area contributed by atoms with Gasteiger partial charge in [-0.1, -0.05) is 23.2 Å². The van der Waals surface area contributed by atoms with E-state index >= 15 is 0 Å². The van der Waals surface area contributed by atoms with Crippen LogP contribution in [0, 0.1) is 0 Å². The molecule has 0 radical (unpaired) electrons. The second kappa shape index (κ2) is 6.64. The van der Waals surface area contributed by atoms with Gasteiger partial charge in [-0.3, -0.25) is 14.2 Å². The van der Waals surface area contributed by atoms with Gasteiger partial charge >= 0.3 is 0 Å². The number of rotatable bonds is 1. The molecule has 144 valence electrons. The van der Waals surface area contributed by atoms with Crippen LogP contribution in [0.15, 0.2) is 24.4 Å². The predicted octanol–water partition coefficient (Wildman–Crippen LogP) is 3.74. The monoisotopic (exact) mass is 415 g/mol. The van der Waals surface area contributed by atoms with E-state index in [1.165, 1.54) is 5.56 Å². The maximum atomic E-state index is 13.1. The number of fused-ring (bicyclic) bond motifs is 5. The molecule has 2 aromatic heterocycles. The van der Waals surface area contributed by atoms with Crippen LogP contribution in [0.1, 0.15) is 33.6 Å². The Morgan fingerprint density at radius 2 is 1.96 bits per heavy atom. The first-order valence-corrected chi connectivity index (χ1v) is 10.1. The number of carbonyl (C=O) groups is 1. The minimum absolute atomic E-state index is 0.0426. The molecule has 0 N–H and O–H groups in total. The fourth-order valence-corrected chi connectivity index (χ4v) is 4.48. The van der Waals surface area contributed by atoms with Gasteiger partial charge in [-0.05, 0) is 36.6 Å². The van der Waals surface area contributed by atoms with E-state index in [0.717, 1.165) is 48.5 Å². The summed E-state index contributed by atoms with van der Waals surface area (Å²) in [6.07, 6.45) is 4.86. The third-order valence-corrected chi connectivity index (χ3v) is 6.24. The fraction of sp³-hybridized carbons (Fsp3) is 0.350. The molecular weight excluding hydrogens is 397 g/mol. The molecule has 0 bridgehead atoms. The van der Waals surface area contributed by atoms with Crippen molar-refractivity contribution in [1.82, 2.24) is 24.5 Å². The smallest absolute Gasteiger partial charge is 0.254 e. The molecule has 28 heavy (non-hydrogen) atoms. The van der Waals surface area contributed by atoms with Crippen LogP contribution >= 0.6 is 23.2 Å². The molecule has 5 rings (SSSR count). The summed E-state index contributed by atoms with van der Waals surface area (Å²) in [7, 11) is 1.95. The standard InChI is InChI=1S/C20H19Cl2N5O/c1-25-10-13-3-2-7-27-19(18(13)24-25)14-11-26(8-6-17(14)23-27)20(28)12-4-5-15(21)16(22)9-12/h4-5,9-10H,2-3,6-8,11H2,1H3. The number of halogens is 2. The van der Waals surface area contributed by atoms with E-state index in [0.29, 0.717) is 28.7 Å². The number of nitrogens with zero attached hydrogens (tertiary/aromatic N) is 5. The lowest BCUT2D eigenvalue weighted by molar-refractivity contribution is 0.0734. The number of amides is 1. The number of aryl methyl sites for hydroxylation is 3. The third-order valence-electron chi connectivity index (χ3n) is 5.50. The molecule has 0 saturated heterocycles. The lowest BCUT2D eigenvalue weighted by Crippen LogP contribution is -2.36. The topological polar surface area (TPSA) is 56.0 Å². The summed E-state index contributed by atoms with van der Waals surface area (Å²) < 4.78 is 3.94. The van der Waals surface area contributed by atoms with Crippen LogP contribution in [0.5, 0.6) is 0 Å². The van der Waals surface area contributed by atoms with E-state index in [1.54, 1.807) is 18.2 Å². The maximum absolute atomic E-state index is 13.1. The van der Waals surface area contributed by atoms with Gasteiger partial charge in [0.25, 0.3) is 5.91 Å². The molecular formula is C20H19Cl2N5O. The van der Waals surface area contributed by atoms with Crippen molar-refractivity contribution >= 4 is 29.1 Å². The summed E-state index contributed by atoms with van der Waals surface area (Å²) in [5.41, 5.74) is 6.05. The number of hydrogen-bond acceptors (Lipinski definition) is 3. The number of aromatic nitrogens is 4. The highest BCUT2D eigenvalue weighted by atomic mass is 35.5. The van der Waals surface area contributed by atoms with Crippen molar-refractivity contribution < 1.29 is 4.79 Å². The van der Waals surface area contributed by atoms with Gasteiger partial charge in [-0.2, -0.15) is 10.2 Å². The average molecular weight is 416 g/mol. The van der Waals surface area contributed by atoms with Gasteiger partial charge in [-0.15, -0.1) is 0 Å². The molecule has 2 aliphatic heterocycles. The fourth-order valence-electron chi connectivity index (χ4n) is 4.18. The number of carbonyl (C=O) groups excluding carboxylic acids is 1. The van der Waals surface area contributed by atoms with E-state index < -0.39 is 0 Å². The molecule has 8 heteroatoms. The molecule has 1 amide bonds. The Kier molecular flexibility index (Phi) is 4.21. The van der Waals surface area contributed by atoms with Crippen LogP contribution in [0.2, 0.25) is 10.0 Å². The normalized spacial score (nSPS) is 15.6. The van der Waals surface area contributed by atoms with E-state index in [4.69, 9.17) is 33.4 Å². The van der Waals surface area contributed by atoms with E-state index in [2.05, 4.69) is 10.9 Å². The Labute approximate surface area is 172 Å². The van der Waals surface area contributed by atoms with Crippen molar-refractivity contribution in [3.63, 3.8) is 0 Å². The number of hydrogen-bond donors (Lipinski definition) is 0. The lowest BCUT2D eigenvalue weighted by atomic mass is 10.0. The SMILES string of the molecule is Cn1cc2c(n1)-c1c3c(nn1CCC2)CCN(C(=O)c1ccc(Cl)c(Cl)c1)C3. The van der Waals surface area contributed by atoms with Crippen molar-refractivity contribution in [3.05, 3.63) is 56.8 Å². The van der Waals surface area contributed by atoms with Gasteiger partial charge < -0.3 is 4.90 Å². The quantitative estimate of drug-likeness (QED) is 0.608. The molecule has 0 unspecified atom stereocenters. The zero-order valence-electron chi connectivity index (χ0n) is 15.5. The highest BCUT2D eigenvalue weighted by molar-refractivity contribution is 6.42. The van der Waals surface area contributed by atoms with Crippen molar-refractivity contribution in [1.29, 1.82) is 0 Å². The van der Waals surface area contributed by atoms with Crippen molar-refractivity contribution in [2.75, 3.05) is 6.54 Å². The zero-order chi connectivity index (χ0) is 19.4. The molecule has 0 saturated carbocycles. The maximum Gasteiger partial charge on any atom is 0.254 e. The molecule has 0 fully saturated rings. The minimum atomic E-state index is -0.0426. The summed E-state index contributed by atoms with van der Waals surface area (Å²) in [6, 6.07) is 5.02. The van der Waals surface area contributed by atoms with Crippen LogP contribution < -0.4 is 0 Å². The summed E-state index contributed by atoms with van der Waals surface area (Å²) in [4.78, 5) is 14.9. The van der Waals surface area contributed by atoms with Crippen molar-refractivity contribution in [2.24, 2.45) is 7.05 Å². The van der Waals surface area contributed by atoms with Crippen molar-refractivity contribution in [3.8, 4) is 11.4 Å². The van der Waals surface area contributed by atoms with Crippen LogP contribution in [0.25, 0.3) is 11.4 Å². The summed E-state index contributed by atoms with van der Waals surface area (Å²) in [5.74, 6) is -0.0426. The van der Waals surface area contributed by atoms with Gasteiger partial charge in [-0.25, -0.2) is 0 Å². The van der Waals surface area contributed by atoms with Crippen LogP contribution in [-0.4, -0.2) is 36.9 Å². The lowest BCUT2D eigenvalue weighted by Gasteiger charge is -2.27. The molecule has 0 spiro atoms. The van der Waals surface area contributed by atoms with E-state index in [9.17, 15) is 4.79 Å². The van der Waals surface area contributed by atoms with Gasteiger partial charge in [0.2, 0.25) is 0 Å². The molecule has 4 heterocycles. The first-order valence-electron chi connectivity index (χ1n) is 9.37. The second-order valence-corrected chi connectivity index (χ2v) is 8.20. The third kappa shape index (κ3) is 2.83. The van der Waals surface area contributed by atoms with E-state index in [1.807, 2.05) is 16.6 Å². The molecule has 3 aromatic rings. The largest absolute Gasteiger partial charge is 0.334 e. The first kappa shape index (κ1) is 17.8. The van der Waals surface area contributed by atoms with Gasteiger partial charge in [0.05, 0.1) is 28.0 Å². The minimum Gasteiger partial charge on any atom is -0.334 e. The Hall–Kier alpha value is -2.31. The van der Waals surface area contributed by atoms with Gasteiger partial charge in [0.1, 0.15) is 5.69 Å². The predicted molar refractivity (Wildman–Crippen MR) is 108 cm³/mol. The van der Waals surface area contributed by atoms with Gasteiger partial charge in [0.15, 0.2) is 0 Å². The summed E-state index contributed by atoms with van der Waals surface area (Å²) >= 11 is 12.1. The molecule has 2 aliphatic rings. The Morgan fingerprint density at radius 3 is 2.79 bits per heavy atom. The van der Waals surface area contributed by atoms with Crippen LogP contribution in [-0.2, 0) is 33.0 Å². The van der Waals surface area contributed by atoms with Crippen LogP contribution in [0.4, 0.5) is 0 Å². The Bertz CT molecular complexity index is 1100. The Morgan fingerprint density at radius 1 is 1.11 bits per heavy atom. The summed E-state index contributed by atoms with van der Waals surface area (Å²) in [6.45, 7) is 2.04. The number of benzene rings is 1. The zero-order valence-corrected chi connectivity index (χ0v) is 17.0. The molecule has 0 aliphatic carbocycles. The second-order valence-electron chi connectivity index (χ2n) is 7.38. The summed E-state index contributed by atoms with van der Waals surface area (Å²) in [5, 5.41) is 10.4. The van der Waals surface area contributed by atoms with Crippen LogP contribution in [0.3, 0.4) is 0 Å². The first-order chi connectivity index (χ1) is 13.5. The van der Waals surface area contributed by atoms with E-state index in [-0.39, 0.29) is 5.91 Å².